The highest BCUT2D eigenvalue weighted by Gasteiger charge is 2.07. The van der Waals surface area contributed by atoms with Crippen LogP contribution in [0.1, 0.15) is 13.3 Å². The molecule has 0 amide bonds. The SMILES string of the molecule is C=C(COCCOC(=O)CC(C)=O)C(=O)OC. The van der Waals surface area contributed by atoms with Crippen LogP contribution in [0.15, 0.2) is 12.2 Å². The Balaban J connectivity index is 3.53. The van der Waals surface area contributed by atoms with Crippen LogP contribution in [0.5, 0.6) is 0 Å². The molecule has 0 rings (SSSR count). The van der Waals surface area contributed by atoms with Crippen molar-refractivity contribution >= 4 is 17.7 Å². The van der Waals surface area contributed by atoms with Crippen LogP contribution in [-0.2, 0) is 28.6 Å². The van der Waals surface area contributed by atoms with Crippen LogP contribution in [-0.4, -0.2) is 44.7 Å². The summed E-state index contributed by atoms with van der Waals surface area (Å²) in [6, 6.07) is 0. The Kier molecular flexibility index (Phi) is 7.62. The van der Waals surface area contributed by atoms with Crippen molar-refractivity contribution in [3.05, 3.63) is 12.2 Å². The summed E-state index contributed by atoms with van der Waals surface area (Å²) >= 11 is 0. The van der Waals surface area contributed by atoms with Crippen molar-refractivity contribution < 1.29 is 28.6 Å². The predicted octanol–water partition coefficient (Wildman–Crippen LogP) is 0.254. The maximum Gasteiger partial charge on any atom is 0.335 e. The van der Waals surface area contributed by atoms with E-state index in [2.05, 4.69) is 11.3 Å². The molecule has 96 valence electrons. The van der Waals surface area contributed by atoms with Crippen LogP contribution in [0.3, 0.4) is 0 Å². The molecule has 0 unspecified atom stereocenters. The lowest BCUT2D eigenvalue weighted by Gasteiger charge is -2.06. The number of rotatable bonds is 8. The molecule has 0 fully saturated rings. The van der Waals surface area contributed by atoms with Crippen molar-refractivity contribution in [2.75, 3.05) is 26.9 Å². The number of ketones is 1. The van der Waals surface area contributed by atoms with Gasteiger partial charge in [-0.2, -0.15) is 0 Å². The number of Topliss-reactive ketones (excluding diaryl/α,β-unsaturated/α-hetero) is 1. The molecule has 0 atom stereocenters. The number of methoxy groups -OCH3 is 1. The second-order valence-corrected chi connectivity index (χ2v) is 3.25. The molecule has 0 N–H and O–H groups in total. The number of carbonyl (C=O) groups excluding carboxylic acids is 3. The van der Waals surface area contributed by atoms with E-state index in [0.29, 0.717) is 0 Å². The van der Waals surface area contributed by atoms with E-state index in [4.69, 9.17) is 9.47 Å². The quantitative estimate of drug-likeness (QED) is 0.263. The largest absolute Gasteiger partial charge is 0.466 e. The molecule has 0 heterocycles. The third-order valence-corrected chi connectivity index (χ3v) is 1.63. The molecule has 0 aromatic heterocycles. The highest BCUT2D eigenvalue weighted by atomic mass is 16.6. The van der Waals surface area contributed by atoms with E-state index in [1.807, 2.05) is 0 Å². The van der Waals surface area contributed by atoms with Crippen LogP contribution in [0, 0.1) is 0 Å². The van der Waals surface area contributed by atoms with Gasteiger partial charge in [0.2, 0.25) is 0 Å². The third kappa shape index (κ3) is 8.15. The minimum atomic E-state index is -0.590. The van der Waals surface area contributed by atoms with Gasteiger partial charge in [-0.05, 0) is 6.92 Å². The average Bonchev–Trinajstić information content (AvgIpc) is 2.26. The van der Waals surface area contributed by atoms with E-state index < -0.39 is 11.9 Å². The van der Waals surface area contributed by atoms with Crippen molar-refractivity contribution in [2.24, 2.45) is 0 Å². The summed E-state index contributed by atoms with van der Waals surface area (Å²) in [5.41, 5.74) is 0.183. The van der Waals surface area contributed by atoms with E-state index in [9.17, 15) is 14.4 Å². The van der Waals surface area contributed by atoms with Crippen LogP contribution in [0.2, 0.25) is 0 Å². The second kappa shape index (κ2) is 8.46. The summed E-state index contributed by atoms with van der Waals surface area (Å²) in [5, 5.41) is 0. The number of esters is 2. The summed E-state index contributed by atoms with van der Waals surface area (Å²) in [6.45, 7) is 4.91. The van der Waals surface area contributed by atoms with Crippen LogP contribution in [0.25, 0.3) is 0 Å². The minimum absolute atomic E-state index is 0.0108. The summed E-state index contributed by atoms with van der Waals surface area (Å²) < 4.78 is 14.1. The zero-order valence-corrected chi connectivity index (χ0v) is 9.99. The molecule has 17 heavy (non-hydrogen) atoms. The van der Waals surface area contributed by atoms with Crippen molar-refractivity contribution in [3.8, 4) is 0 Å². The normalized spacial score (nSPS) is 9.53. The van der Waals surface area contributed by atoms with Crippen molar-refractivity contribution in [1.29, 1.82) is 0 Å². The topological polar surface area (TPSA) is 78.9 Å². The highest BCUT2D eigenvalue weighted by Crippen LogP contribution is 1.95. The zero-order chi connectivity index (χ0) is 13.3. The van der Waals surface area contributed by atoms with Gasteiger partial charge in [-0.3, -0.25) is 9.59 Å². The predicted molar refractivity (Wildman–Crippen MR) is 58.2 cm³/mol. The van der Waals surface area contributed by atoms with Gasteiger partial charge in [-0.15, -0.1) is 0 Å². The Hall–Kier alpha value is -1.69. The smallest absolute Gasteiger partial charge is 0.335 e. The summed E-state index contributed by atoms with van der Waals surface area (Å²) in [5.74, 6) is -1.39. The van der Waals surface area contributed by atoms with Gasteiger partial charge in [0.05, 0.1) is 25.9 Å². The molecule has 0 saturated heterocycles. The van der Waals surface area contributed by atoms with E-state index >= 15 is 0 Å². The average molecular weight is 244 g/mol. The fourth-order valence-corrected chi connectivity index (χ4v) is 0.867. The first-order chi connectivity index (χ1) is 7.97. The number of hydrogen-bond acceptors (Lipinski definition) is 6. The van der Waals surface area contributed by atoms with Gasteiger partial charge in [0.15, 0.2) is 0 Å². The summed E-state index contributed by atoms with van der Waals surface area (Å²) in [6.07, 6.45) is -0.241. The molecule has 0 aliphatic carbocycles. The van der Waals surface area contributed by atoms with Gasteiger partial charge >= 0.3 is 11.9 Å². The maximum atomic E-state index is 10.9. The van der Waals surface area contributed by atoms with Gasteiger partial charge in [-0.25, -0.2) is 4.79 Å². The van der Waals surface area contributed by atoms with Gasteiger partial charge < -0.3 is 14.2 Å². The highest BCUT2D eigenvalue weighted by molar-refractivity contribution is 5.94. The van der Waals surface area contributed by atoms with Gasteiger partial charge in [0.25, 0.3) is 0 Å². The molecule has 0 radical (unpaired) electrons. The molecule has 0 bridgehead atoms. The molecular formula is C11H16O6. The van der Waals surface area contributed by atoms with Crippen LogP contribution in [0.4, 0.5) is 0 Å². The van der Waals surface area contributed by atoms with Crippen LogP contribution >= 0.6 is 0 Å². The minimum Gasteiger partial charge on any atom is -0.466 e. The van der Waals surface area contributed by atoms with Gasteiger partial charge in [0, 0.05) is 0 Å². The van der Waals surface area contributed by atoms with E-state index in [-0.39, 0.29) is 37.6 Å². The Morgan fingerprint density at radius 1 is 1.18 bits per heavy atom. The molecule has 6 heteroatoms. The zero-order valence-electron chi connectivity index (χ0n) is 9.99. The molecular weight excluding hydrogens is 228 g/mol. The lowest BCUT2D eigenvalue weighted by atomic mass is 10.3. The van der Waals surface area contributed by atoms with Gasteiger partial charge in [0.1, 0.15) is 18.8 Å². The van der Waals surface area contributed by atoms with E-state index in [0.717, 1.165) is 0 Å². The Morgan fingerprint density at radius 2 is 1.82 bits per heavy atom. The fraction of sp³-hybridized carbons (Fsp3) is 0.545. The third-order valence-electron chi connectivity index (χ3n) is 1.63. The molecule has 6 nitrogen and oxygen atoms in total. The molecule has 0 aliphatic rings. The Morgan fingerprint density at radius 3 is 2.35 bits per heavy atom. The summed E-state index contributed by atoms with van der Waals surface area (Å²) in [7, 11) is 1.25. The van der Waals surface area contributed by atoms with Gasteiger partial charge in [-0.1, -0.05) is 6.58 Å². The standard InChI is InChI=1S/C11H16O6/c1-8(11(14)15-3)7-16-4-5-17-10(13)6-9(2)12/h1,4-7H2,2-3H3. The molecule has 0 saturated carbocycles. The number of ether oxygens (including phenoxy) is 3. The first-order valence-corrected chi connectivity index (χ1v) is 4.96. The monoisotopic (exact) mass is 244 g/mol. The fourth-order valence-electron chi connectivity index (χ4n) is 0.867. The van der Waals surface area contributed by atoms with Crippen molar-refractivity contribution in [2.45, 2.75) is 13.3 Å². The second-order valence-electron chi connectivity index (χ2n) is 3.25. The Labute approximate surface area is 99.5 Å². The summed E-state index contributed by atoms with van der Waals surface area (Å²) in [4.78, 5) is 32.3. The first-order valence-electron chi connectivity index (χ1n) is 4.96. The Bertz CT molecular complexity index is 307. The van der Waals surface area contributed by atoms with E-state index in [1.165, 1.54) is 14.0 Å². The molecule has 0 aliphatic heterocycles. The molecule has 0 aromatic carbocycles. The van der Waals surface area contributed by atoms with Crippen molar-refractivity contribution in [3.63, 3.8) is 0 Å². The molecule has 0 aromatic rings. The lowest BCUT2D eigenvalue weighted by Crippen LogP contribution is -2.15. The van der Waals surface area contributed by atoms with Crippen LogP contribution < -0.4 is 0 Å². The van der Waals surface area contributed by atoms with Crippen molar-refractivity contribution in [1.82, 2.24) is 0 Å². The molecule has 0 spiro atoms. The number of hydrogen-bond donors (Lipinski definition) is 0. The maximum absolute atomic E-state index is 10.9. The lowest BCUT2D eigenvalue weighted by molar-refractivity contribution is -0.147. The first kappa shape index (κ1) is 15.3. The van der Waals surface area contributed by atoms with E-state index in [1.54, 1.807) is 0 Å². The number of carbonyl (C=O) groups is 3.